The summed E-state index contributed by atoms with van der Waals surface area (Å²) >= 11 is 5.67. The number of benzene rings is 1. The van der Waals surface area contributed by atoms with Crippen LogP contribution in [0.5, 0.6) is 0 Å². The lowest BCUT2D eigenvalue weighted by Crippen LogP contribution is -2.48. The Hall–Kier alpha value is -1.17. The van der Waals surface area contributed by atoms with Crippen molar-refractivity contribution in [1.82, 2.24) is 10.6 Å². The third kappa shape index (κ3) is 3.91. The summed E-state index contributed by atoms with van der Waals surface area (Å²) in [6.45, 7) is 0.363. The highest BCUT2D eigenvalue weighted by atomic mass is 35.5. The van der Waals surface area contributed by atoms with Crippen molar-refractivity contribution < 1.29 is 13.9 Å². The van der Waals surface area contributed by atoms with Gasteiger partial charge in [-0.1, -0.05) is 23.7 Å². The molecule has 1 saturated carbocycles. The van der Waals surface area contributed by atoms with Crippen LogP contribution in [-0.2, 0) is 16.1 Å². The lowest BCUT2D eigenvalue weighted by molar-refractivity contribution is -0.120. The highest BCUT2D eigenvalue weighted by molar-refractivity contribution is 6.30. The highest BCUT2D eigenvalue weighted by Gasteiger charge is 2.28. The van der Waals surface area contributed by atoms with Crippen LogP contribution in [0.25, 0.3) is 0 Å². The number of methoxy groups -OCH3 is 1. The van der Waals surface area contributed by atoms with Crippen molar-refractivity contribution in [2.45, 2.75) is 31.5 Å². The number of ether oxygens (including phenoxy) is 1. The van der Waals surface area contributed by atoms with E-state index in [1.807, 2.05) is 0 Å². The number of hydrogen-bond donors (Lipinski definition) is 2. The second-order valence-corrected chi connectivity index (χ2v) is 5.30. The van der Waals surface area contributed by atoms with Crippen molar-refractivity contribution in [3.63, 3.8) is 0 Å². The molecule has 4 nitrogen and oxygen atoms in total. The van der Waals surface area contributed by atoms with Crippen LogP contribution in [0, 0.1) is 5.82 Å². The first-order valence-electron chi connectivity index (χ1n) is 6.56. The number of carbonyl (C=O) groups is 1. The molecule has 0 atom stereocenters. The van der Waals surface area contributed by atoms with Gasteiger partial charge in [-0.25, -0.2) is 4.39 Å². The Morgan fingerprint density at radius 2 is 2.25 bits per heavy atom. The van der Waals surface area contributed by atoms with Crippen LogP contribution in [0.2, 0.25) is 5.02 Å². The van der Waals surface area contributed by atoms with E-state index in [1.165, 1.54) is 6.07 Å². The Labute approximate surface area is 122 Å². The smallest absolute Gasteiger partial charge is 0.234 e. The van der Waals surface area contributed by atoms with E-state index < -0.39 is 5.82 Å². The maximum absolute atomic E-state index is 13.6. The van der Waals surface area contributed by atoms with Gasteiger partial charge in [0.1, 0.15) is 5.82 Å². The molecule has 1 aliphatic rings. The van der Waals surface area contributed by atoms with Gasteiger partial charge in [-0.05, 0) is 18.9 Å². The molecule has 0 bridgehead atoms. The molecule has 2 N–H and O–H groups in total. The number of carbonyl (C=O) groups excluding carboxylic acids is 1. The monoisotopic (exact) mass is 300 g/mol. The van der Waals surface area contributed by atoms with Gasteiger partial charge in [-0.3, -0.25) is 4.79 Å². The Balaban J connectivity index is 1.69. The van der Waals surface area contributed by atoms with Gasteiger partial charge in [0.15, 0.2) is 0 Å². The predicted molar refractivity (Wildman–Crippen MR) is 75.1 cm³/mol. The van der Waals surface area contributed by atoms with Gasteiger partial charge in [0.05, 0.1) is 17.7 Å². The fourth-order valence-corrected chi connectivity index (χ4v) is 2.30. The van der Waals surface area contributed by atoms with Crippen molar-refractivity contribution in [3.05, 3.63) is 34.6 Å². The molecule has 0 heterocycles. The van der Waals surface area contributed by atoms with E-state index in [1.54, 1.807) is 19.2 Å². The molecule has 20 heavy (non-hydrogen) atoms. The zero-order valence-electron chi connectivity index (χ0n) is 11.3. The third-order valence-electron chi connectivity index (χ3n) is 3.49. The van der Waals surface area contributed by atoms with Crippen LogP contribution in [0.15, 0.2) is 18.2 Å². The number of nitrogens with one attached hydrogen (secondary N) is 2. The highest BCUT2D eigenvalue weighted by Crippen LogP contribution is 2.22. The summed E-state index contributed by atoms with van der Waals surface area (Å²) in [6.07, 6.45) is 2.15. The first-order valence-corrected chi connectivity index (χ1v) is 6.93. The molecule has 1 aromatic carbocycles. The number of halogens is 2. The fraction of sp³-hybridized carbons (Fsp3) is 0.500. The van der Waals surface area contributed by atoms with Crippen LogP contribution < -0.4 is 10.6 Å². The third-order valence-corrected chi connectivity index (χ3v) is 3.78. The van der Waals surface area contributed by atoms with E-state index in [0.29, 0.717) is 17.7 Å². The summed E-state index contributed by atoms with van der Waals surface area (Å²) in [5.74, 6) is -0.644. The van der Waals surface area contributed by atoms with Crippen molar-refractivity contribution >= 4 is 17.5 Å². The summed E-state index contributed by atoms with van der Waals surface area (Å²) in [5, 5.41) is 5.86. The summed E-state index contributed by atoms with van der Waals surface area (Å²) in [5.41, 5.74) is 0.383. The zero-order valence-corrected chi connectivity index (χ0v) is 12.0. The maximum atomic E-state index is 13.6. The summed E-state index contributed by atoms with van der Waals surface area (Å²) in [4.78, 5) is 11.6. The van der Waals surface area contributed by atoms with E-state index >= 15 is 0 Å². The predicted octanol–water partition coefficient (Wildman–Crippen LogP) is 1.86. The summed E-state index contributed by atoms with van der Waals surface area (Å²) in [6, 6.07) is 5.06. The van der Waals surface area contributed by atoms with Gasteiger partial charge in [-0.15, -0.1) is 0 Å². The van der Waals surface area contributed by atoms with Crippen molar-refractivity contribution in [3.8, 4) is 0 Å². The standard InChI is InChI=1S/C14H18ClFN2O2/c1-20-11-5-10(6-11)17-8-13(19)18-7-9-3-2-4-12(15)14(9)16/h2-4,10-11,17H,5-8H2,1H3,(H,18,19)/t10-,11-. The first-order chi connectivity index (χ1) is 9.60. The lowest BCUT2D eigenvalue weighted by Gasteiger charge is -2.34. The van der Waals surface area contributed by atoms with Gasteiger partial charge in [-0.2, -0.15) is 0 Å². The van der Waals surface area contributed by atoms with E-state index in [9.17, 15) is 9.18 Å². The van der Waals surface area contributed by atoms with Crippen LogP contribution in [0.1, 0.15) is 18.4 Å². The Morgan fingerprint density at radius 1 is 1.50 bits per heavy atom. The minimum absolute atomic E-state index is 0.0648. The molecule has 0 aliphatic heterocycles. The molecular weight excluding hydrogens is 283 g/mol. The lowest BCUT2D eigenvalue weighted by atomic mass is 9.89. The molecule has 0 unspecified atom stereocenters. The van der Waals surface area contributed by atoms with Gasteiger partial charge < -0.3 is 15.4 Å². The average Bonchev–Trinajstić information content (AvgIpc) is 2.39. The molecule has 0 spiro atoms. The summed E-state index contributed by atoms with van der Waals surface area (Å²) < 4.78 is 18.8. The molecule has 0 radical (unpaired) electrons. The summed E-state index contributed by atoms with van der Waals surface area (Å²) in [7, 11) is 1.69. The molecule has 1 aliphatic carbocycles. The second-order valence-electron chi connectivity index (χ2n) is 4.90. The Bertz CT molecular complexity index is 478. The molecule has 1 aromatic rings. The van der Waals surface area contributed by atoms with E-state index in [4.69, 9.17) is 16.3 Å². The Kier molecular flexibility index (Phi) is 5.34. The zero-order chi connectivity index (χ0) is 14.5. The minimum Gasteiger partial charge on any atom is -0.381 e. The van der Waals surface area contributed by atoms with Crippen molar-refractivity contribution in [1.29, 1.82) is 0 Å². The van der Waals surface area contributed by atoms with E-state index in [2.05, 4.69) is 10.6 Å². The minimum atomic E-state index is -0.482. The van der Waals surface area contributed by atoms with E-state index in [0.717, 1.165) is 12.8 Å². The molecule has 6 heteroatoms. The second kappa shape index (κ2) is 7.02. The normalized spacial score (nSPS) is 21.4. The van der Waals surface area contributed by atoms with E-state index in [-0.39, 0.29) is 24.0 Å². The molecular formula is C14H18ClFN2O2. The largest absolute Gasteiger partial charge is 0.381 e. The fourth-order valence-electron chi connectivity index (χ4n) is 2.10. The molecule has 1 amide bonds. The van der Waals surface area contributed by atoms with Crippen LogP contribution in [-0.4, -0.2) is 31.7 Å². The van der Waals surface area contributed by atoms with Crippen LogP contribution in [0.3, 0.4) is 0 Å². The SMILES string of the molecule is CO[C@H]1C[C@H](NCC(=O)NCc2cccc(Cl)c2F)C1. The van der Waals surface area contributed by atoms with Gasteiger partial charge in [0.25, 0.3) is 0 Å². The van der Waals surface area contributed by atoms with Gasteiger partial charge >= 0.3 is 0 Å². The molecule has 0 saturated heterocycles. The topological polar surface area (TPSA) is 50.4 Å². The molecule has 1 fully saturated rings. The van der Waals surface area contributed by atoms with Crippen LogP contribution in [0.4, 0.5) is 4.39 Å². The number of rotatable bonds is 6. The van der Waals surface area contributed by atoms with Gasteiger partial charge in [0, 0.05) is 25.3 Å². The van der Waals surface area contributed by atoms with Gasteiger partial charge in [0.2, 0.25) is 5.91 Å². The van der Waals surface area contributed by atoms with Crippen LogP contribution >= 0.6 is 11.6 Å². The van der Waals surface area contributed by atoms with Crippen molar-refractivity contribution in [2.24, 2.45) is 0 Å². The first kappa shape index (κ1) is 15.2. The number of amides is 1. The maximum Gasteiger partial charge on any atom is 0.234 e. The molecule has 0 aromatic heterocycles. The van der Waals surface area contributed by atoms with Crippen molar-refractivity contribution in [2.75, 3.05) is 13.7 Å². The molecule has 2 rings (SSSR count). The molecule has 110 valence electrons. The number of hydrogen-bond acceptors (Lipinski definition) is 3. The Morgan fingerprint density at radius 3 is 2.95 bits per heavy atom. The quantitative estimate of drug-likeness (QED) is 0.843. The average molecular weight is 301 g/mol.